The van der Waals surface area contributed by atoms with E-state index < -0.39 is 6.10 Å². The van der Waals surface area contributed by atoms with Gasteiger partial charge in [-0.15, -0.1) is 0 Å². The monoisotopic (exact) mass is 467 g/mol. The molecule has 4 atom stereocenters. The van der Waals surface area contributed by atoms with Gasteiger partial charge < -0.3 is 30.4 Å². The quantitative estimate of drug-likeness (QED) is 0.412. The topological polar surface area (TPSA) is 135 Å². The number of carbonyl (C=O) groups excluding carboxylic acids is 1. The molecule has 11 nitrogen and oxygen atoms in total. The van der Waals surface area contributed by atoms with Crippen molar-refractivity contribution in [2.75, 3.05) is 24.8 Å². The predicted molar refractivity (Wildman–Crippen MR) is 127 cm³/mol. The van der Waals surface area contributed by atoms with E-state index in [4.69, 9.17) is 4.74 Å². The van der Waals surface area contributed by atoms with Crippen molar-refractivity contribution in [3.05, 3.63) is 46.5 Å². The van der Waals surface area contributed by atoms with Gasteiger partial charge in [0.2, 0.25) is 0 Å². The Balaban J connectivity index is 1.46. The molecule has 2 aliphatic rings. The molecule has 34 heavy (non-hydrogen) atoms. The van der Waals surface area contributed by atoms with Gasteiger partial charge in [0.25, 0.3) is 11.5 Å². The lowest BCUT2D eigenvalue weighted by Crippen LogP contribution is -2.51. The molecule has 2 fully saturated rings. The first-order chi connectivity index (χ1) is 16.5. The van der Waals surface area contributed by atoms with Crippen molar-refractivity contribution >= 4 is 28.9 Å². The highest BCUT2D eigenvalue weighted by atomic mass is 16.5. The van der Waals surface area contributed by atoms with Crippen LogP contribution < -0.4 is 21.5 Å². The van der Waals surface area contributed by atoms with Crippen molar-refractivity contribution in [2.45, 2.75) is 56.4 Å². The summed E-state index contributed by atoms with van der Waals surface area (Å²) in [6.07, 6.45) is 6.80. The second-order valence-corrected chi connectivity index (χ2v) is 8.83. The lowest BCUT2D eigenvalue weighted by molar-refractivity contribution is 0.00732. The SMILES string of the molecule is CNc1cc(Nc2cccn([C@@H]3CCC[C@@H]3O)c2=O)nc2c(C(=O)N[C@H]3CC[C@@H]3OC)cnn12. The third-order valence-corrected chi connectivity index (χ3v) is 6.84. The van der Waals surface area contributed by atoms with Crippen LogP contribution in [0.15, 0.2) is 35.4 Å². The molecule has 180 valence electrons. The number of rotatable bonds is 7. The van der Waals surface area contributed by atoms with Crippen molar-refractivity contribution in [3.8, 4) is 0 Å². The largest absolute Gasteiger partial charge is 0.391 e. The predicted octanol–water partition coefficient (Wildman–Crippen LogP) is 1.67. The van der Waals surface area contributed by atoms with Crippen molar-refractivity contribution in [1.29, 1.82) is 0 Å². The Morgan fingerprint density at radius 1 is 1.26 bits per heavy atom. The van der Waals surface area contributed by atoms with E-state index in [9.17, 15) is 14.7 Å². The molecular weight excluding hydrogens is 438 g/mol. The highest BCUT2D eigenvalue weighted by molar-refractivity contribution is 6.00. The average molecular weight is 468 g/mol. The van der Waals surface area contributed by atoms with Crippen LogP contribution in [0.1, 0.15) is 48.5 Å². The molecule has 0 radical (unpaired) electrons. The number of fused-ring (bicyclic) bond motifs is 1. The summed E-state index contributed by atoms with van der Waals surface area (Å²) in [7, 11) is 3.39. The van der Waals surface area contributed by atoms with Crippen LogP contribution in [0.4, 0.5) is 17.3 Å². The minimum absolute atomic E-state index is 0.0162. The maximum Gasteiger partial charge on any atom is 0.274 e. The number of nitrogens with zero attached hydrogens (tertiary/aromatic N) is 4. The summed E-state index contributed by atoms with van der Waals surface area (Å²) in [5.41, 5.74) is 0.802. The fourth-order valence-corrected chi connectivity index (χ4v) is 4.78. The number of aliphatic hydroxyl groups excluding tert-OH is 1. The molecule has 0 saturated heterocycles. The smallest absolute Gasteiger partial charge is 0.274 e. The van der Waals surface area contributed by atoms with Crippen molar-refractivity contribution in [1.82, 2.24) is 24.5 Å². The first-order valence-electron chi connectivity index (χ1n) is 11.6. The van der Waals surface area contributed by atoms with Crippen LogP contribution in [0.2, 0.25) is 0 Å². The van der Waals surface area contributed by atoms with E-state index in [0.29, 0.717) is 35.0 Å². The van der Waals surface area contributed by atoms with Crippen molar-refractivity contribution < 1.29 is 14.6 Å². The van der Waals surface area contributed by atoms with Crippen LogP contribution in [0, 0.1) is 0 Å². The van der Waals surface area contributed by atoms with Crippen molar-refractivity contribution in [3.63, 3.8) is 0 Å². The summed E-state index contributed by atoms with van der Waals surface area (Å²) >= 11 is 0. The normalized spacial score (nSPS) is 24.1. The second kappa shape index (κ2) is 9.07. The van der Waals surface area contributed by atoms with Crippen LogP contribution in [0.25, 0.3) is 5.65 Å². The molecule has 5 rings (SSSR count). The molecule has 0 bridgehead atoms. The molecule has 3 aromatic rings. The van der Waals surface area contributed by atoms with Crippen LogP contribution in [0.3, 0.4) is 0 Å². The van der Waals surface area contributed by atoms with Crippen LogP contribution in [-0.4, -0.2) is 62.6 Å². The molecule has 0 aromatic carbocycles. The number of amides is 1. The van der Waals surface area contributed by atoms with Gasteiger partial charge in [-0.1, -0.05) is 0 Å². The number of anilines is 3. The molecule has 0 unspecified atom stereocenters. The lowest BCUT2D eigenvalue weighted by Gasteiger charge is -2.35. The van der Waals surface area contributed by atoms with Crippen LogP contribution in [0.5, 0.6) is 0 Å². The van der Waals surface area contributed by atoms with Gasteiger partial charge in [0.1, 0.15) is 22.9 Å². The van der Waals surface area contributed by atoms with Gasteiger partial charge in [-0.3, -0.25) is 9.59 Å². The molecule has 4 N–H and O–H groups in total. The van der Waals surface area contributed by atoms with Gasteiger partial charge in [-0.2, -0.15) is 9.61 Å². The molecule has 0 aliphatic heterocycles. The van der Waals surface area contributed by atoms with E-state index in [1.54, 1.807) is 47.6 Å². The van der Waals surface area contributed by atoms with E-state index >= 15 is 0 Å². The summed E-state index contributed by atoms with van der Waals surface area (Å²) in [4.78, 5) is 30.7. The van der Waals surface area contributed by atoms with E-state index in [1.165, 1.54) is 6.20 Å². The van der Waals surface area contributed by atoms with Gasteiger partial charge in [0, 0.05) is 26.4 Å². The standard InChI is InChI=1S/C23H29N7O4/c1-24-20-11-19(26-15-5-4-10-29(23(15)33)16-6-3-7-17(16)31)28-21-13(12-25-30(20)21)22(32)27-14-8-9-18(14)34-2/h4-5,10-12,14,16-18,24,31H,3,6-9H2,1-2H3,(H,26,28)(H,27,32)/t14-,16+,17-,18-/m0/s1. The van der Waals surface area contributed by atoms with Gasteiger partial charge in [0.15, 0.2) is 5.65 Å². The zero-order valence-corrected chi connectivity index (χ0v) is 19.2. The number of hydrogen-bond acceptors (Lipinski definition) is 8. The first kappa shape index (κ1) is 22.4. The Hall–Kier alpha value is -3.44. The minimum Gasteiger partial charge on any atom is -0.391 e. The Labute approximate surface area is 196 Å². The Morgan fingerprint density at radius 2 is 2.12 bits per heavy atom. The van der Waals surface area contributed by atoms with E-state index in [-0.39, 0.29) is 29.7 Å². The number of methoxy groups -OCH3 is 1. The zero-order valence-electron chi connectivity index (χ0n) is 19.2. The number of aromatic nitrogens is 4. The third-order valence-electron chi connectivity index (χ3n) is 6.84. The van der Waals surface area contributed by atoms with E-state index in [2.05, 4.69) is 26.0 Å². The van der Waals surface area contributed by atoms with Gasteiger partial charge in [-0.25, -0.2) is 4.98 Å². The zero-order chi connectivity index (χ0) is 23.8. The second-order valence-electron chi connectivity index (χ2n) is 8.83. The van der Waals surface area contributed by atoms with E-state index in [0.717, 1.165) is 25.7 Å². The molecule has 2 aliphatic carbocycles. The van der Waals surface area contributed by atoms with Crippen molar-refractivity contribution in [2.24, 2.45) is 0 Å². The highest BCUT2D eigenvalue weighted by Gasteiger charge is 2.33. The number of ether oxygens (including phenoxy) is 1. The van der Waals surface area contributed by atoms with Gasteiger partial charge >= 0.3 is 0 Å². The van der Waals surface area contributed by atoms with Crippen LogP contribution >= 0.6 is 0 Å². The molecule has 3 aromatic heterocycles. The lowest BCUT2D eigenvalue weighted by atomic mass is 9.89. The molecule has 3 heterocycles. The number of nitrogens with one attached hydrogen (secondary N) is 3. The fraction of sp³-hybridized carbons (Fsp3) is 0.478. The summed E-state index contributed by atoms with van der Waals surface area (Å²) in [5, 5.41) is 23.7. The maximum atomic E-state index is 13.1. The number of carbonyl (C=O) groups is 1. The van der Waals surface area contributed by atoms with E-state index in [1.807, 2.05) is 0 Å². The fourth-order valence-electron chi connectivity index (χ4n) is 4.78. The minimum atomic E-state index is -0.528. The summed E-state index contributed by atoms with van der Waals surface area (Å²) in [5.74, 6) is 0.727. The summed E-state index contributed by atoms with van der Waals surface area (Å²) in [6, 6.07) is 4.90. The van der Waals surface area contributed by atoms with Crippen LogP contribution in [-0.2, 0) is 4.74 Å². The molecule has 11 heteroatoms. The maximum absolute atomic E-state index is 13.1. The number of hydrogen-bond donors (Lipinski definition) is 4. The molecule has 0 spiro atoms. The molecular formula is C23H29N7O4. The third kappa shape index (κ3) is 3.90. The van der Waals surface area contributed by atoms with Gasteiger partial charge in [-0.05, 0) is 44.2 Å². The molecule has 2 saturated carbocycles. The number of pyridine rings is 1. The average Bonchev–Trinajstić information content (AvgIpc) is 3.44. The Morgan fingerprint density at radius 3 is 2.79 bits per heavy atom. The summed E-state index contributed by atoms with van der Waals surface area (Å²) < 4.78 is 8.50. The first-order valence-corrected chi connectivity index (χ1v) is 11.6. The van der Waals surface area contributed by atoms with Gasteiger partial charge in [0.05, 0.1) is 30.5 Å². The summed E-state index contributed by atoms with van der Waals surface area (Å²) in [6.45, 7) is 0. The molecule has 1 amide bonds. The highest BCUT2D eigenvalue weighted by Crippen LogP contribution is 2.29. The Bertz CT molecular complexity index is 1270. The Kier molecular flexibility index (Phi) is 5.96. The number of aliphatic hydroxyl groups is 1.